The predicted octanol–water partition coefficient (Wildman–Crippen LogP) is 3.56. The molecule has 0 saturated heterocycles. The summed E-state index contributed by atoms with van der Waals surface area (Å²) in [6.45, 7) is 1.42. The third kappa shape index (κ3) is 5.38. The minimum absolute atomic E-state index is 0.0677. The zero-order valence-corrected chi connectivity index (χ0v) is 15.0. The third-order valence-corrected chi connectivity index (χ3v) is 4.11. The van der Waals surface area contributed by atoms with Crippen LogP contribution < -0.4 is 10.6 Å². The Bertz CT molecular complexity index is 959. The molecule has 9 heteroatoms. The predicted molar refractivity (Wildman–Crippen MR) is 99.8 cm³/mol. The maximum Gasteiger partial charge on any atom is 0.277 e. The van der Waals surface area contributed by atoms with Gasteiger partial charge in [0.05, 0.1) is 5.75 Å². The van der Waals surface area contributed by atoms with Crippen LogP contribution in [0, 0.1) is 5.82 Å². The Morgan fingerprint density at radius 3 is 2.44 bits per heavy atom. The van der Waals surface area contributed by atoms with Gasteiger partial charge in [-0.3, -0.25) is 9.59 Å². The number of nitrogens with one attached hydrogen (secondary N) is 2. The maximum atomic E-state index is 13.2. The Labute approximate surface area is 158 Å². The van der Waals surface area contributed by atoms with Crippen LogP contribution in [0.25, 0.3) is 11.5 Å². The van der Waals surface area contributed by atoms with Crippen LogP contribution in [0.2, 0.25) is 0 Å². The van der Waals surface area contributed by atoms with Crippen molar-refractivity contribution in [3.8, 4) is 11.5 Å². The van der Waals surface area contributed by atoms with Crippen LogP contribution in [-0.4, -0.2) is 27.8 Å². The van der Waals surface area contributed by atoms with Crippen LogP contribution in [0.5, 0.6) is 0 Å². The van der Waals surface area contributed by atoms with Crippen molar-refractivity contribution in [1.82, 2.24) is 10.2 Å². The molecule has 2 N–H and O–H groups in total. The molecule has 138 valence electrons. The molecule has 0 atom stereocenters. The van der Waals surface area contributed by atoms with Crippen molar-refractivity contribution in [1.29, 1.82) is 0 Å². The molecule has 0 fully saturated rings. The van der Waals surface area contributed by atoms with Crippen LogP contribution in [0.15, 0.2) is 58.2 Å². The lowest BCUT2D eigenvalue weighted by atomic mass is 10.2. The number of benzene rings is 2. The van der Waals surface area contributed by atoms with Crippen LogP contribution in [0.3, 0.4) is 0 Å². The standard InChI is InChI=1S/C18H15FN4O3S/c1-11(24)20-14-5-7-15(8-6-14)21-16(25)10-27-18-23-22-17(26-18)12-3-2-4-13(19)9-12/h2-9H,10H2,1H3,(H,20,24)(H,21,25). The van der Waals surface area contributed by atoms with Crippen molar-refractivity contribution in [2.75, 3.05) is 16.4 Å². The lowest BCUT2D eigenvalue weighted by molar-refractivity contribution is -0.114. The largest absolute Gasteiger partial charge is 0.411 e. The van der Waals surface area contributed by atoms with Gasteiger partial charge in [0.25, 0.3) is 5.22 Å². The molecule has 1 heterocycles. The van der Waals surface area contributed by atoms with Crippen LogP contribution in [-0.2, 0) is 9.59 Å². The zero-order valence-electron chi connectivity index (χ0n) is 14.2. The van der Waals surface area contributed by atoms with Crippen LogP contribution >= 0.6 is 11.8 Å². The van der Waals surface area contributed by atoms with Gasteiger partial charge < -0.3 is 15.1 Å². The number of hydrogen-bond acceptors (Lipinski definition) is 6. The molecule has 7 nitrogen and oxygen atoms in total. The molecule has 27 heavy (non-hydrogen) atoms. The highest BCUT2D eigenvalue weighted by atomic mass is 32.2. The quantitative estimate of drug-likeness (QED) is 0.629. The van der Waals surface area contributed by atoms with E-state index in [0.29, 0.717) is 16.9 Å². The SMILES string of the molecule is CC(=O)Nc1ccc(NC(=O)CSc2nnc(-c3cccc(F)c3)o2)cc1. The minimum Gasteiger partial charge on any atom is -0.411 e. The Kier molecular flexibility index (Phi) is 5.82. The fourth-order valence-corrected chi connectivity index (χ4v) is 2.73. The number of halogens is 1. The minimum atomic E-state index is -0.399. The van der Waals surface area contributed by atoms with E-state index in [4.69, 9.17) is 4.42 Å². The van der Waals surface area contributed by atoms with Crippen molar-refractivity contribution in [2.45, 2.75) is 12.1 Å². The summed E-state index contributed by atoms with van der Waals surface area (Å²) in [5.74, 6) is -0.564. The second-order valence-corrected chi connectivity index (χ2v) is 6.41. The highest BCUT2D eigenvalue weighted by Crippen LogP contribution is 2.23. The molecule has 2 aromatic carbocycles. The molecule has 0 saturated carbocycles. The van der Waals surface area contributed by atoms with E-state index in [9.17, 15) is 14.0 Å². The lowest BCUT2D eigenvalue weighted by Gasteiger charge is -2.06. The molecule has 0 bridgehead atoms. The summed E-state index contributed by atoms with van der Waals surface area (Å²) in [7, 11) is 0. The van der Waals surface area contributed by atoms with Crippen molar-refractivity contribution in [2.24, 2.45) is 0 Å². The first kappa shape index (κ1) is 18.6. The molecule has 0 aliphatic rings. The summed E-state index contributed by atoms with van der Waals surface area (Å²) >= 11 is 1.08. The molecule has 0 aliphatic heterocycles. The highest BCUT2D eigenvalue weighted by Gasteiger charge is 2.12. The molecule has 3 aromatic rings. The van der Waals surface area contributed by atoms with Crippen molar-refractivity contribution in [3.63, 3.8) is 0 Å². The molecule has 2 amide bonds. The molecule has 1 aromatic heterocycles. The molecule has 0 spiro atoms. The van der Waals surface area contributed by atoms with Gasteiger partial charge in [0, 0.05) is 23.9 Å². The van der Waals surface area contributed by atoms with Gasteiger partial charge in [-0.1, -0.05) is 17.8 Å². The van der Waals surface area contributed by atoms with Crippen LogP contribution in [0.1, 0.15) is 6.92 Å². The number of aromatic nitrogens is 2. The Hall–Kier alpha value is -3.20. The molecule has 0 unspecified atom stereocenters. The van der Waals surface area contributed by atoms with E-state index >= 15 is 0 Å². The first-order valence-corrected chi connectivity index (χ1v) is 8.88. The number of hydrogen-bond donors (Lipinski definition) is 2. The van der Waals surface area contributed by atoms with E-state index in [1.54, 1.807) is 36.4 Å². The Balaban J connectivity index is 1.53. The number of carbonyl (C=O) groups is 2. The highest BCUT2D eigenvalue weighted by molar-refractivity contribution is 7.99. The number of thioether (sulfide) groups is 1. The lowest BCUT2D eigenvalue weighted by Crippen LogP contribution is -2.14. The van der Waals surface area contributed by atoms with E-state index < -0.39 is 5.82 Å². The second kappa shape index (κ2) is 8.45. The van der Waals surface area contributed by atoms with Gasteiger partial charge in [0.2, 0.25) is 17.7 Å². The fourth-order valence-electron chi connectivity index (χ4n) is 2.17. The van der Waals surface area contributed by atoms with Gasteiger partial charge in [-0.05, 0) is 42.5 Å². The first-order chi connectivity index (χ1) is 13.0. The summed E-state index contributed by atoms with van der Waals surface area (Å²) < 4.78 is 18.7. The number of rotatable bonds is 6. The zero-order chi connectivity index (χ0) is 19.2. The van der Waals surface area contributed by atoms with Crippen molar-refractivity contribution >= 4 is 35.0 Å². The molecular weight excluding hydrogens is 371 g/mol. The summed E-state index contributed by atoms with van der Waals surface area (Å²) in [5, 5.41) is 13.3. The second-order valence-electron chi connectivity index (χ2n) is 5.48. The average Bonchev–Trinajstić information content (AvgIpc) is 3.10. The molecular formula is C18H15FN4O3S. The van der Waals surface area contributed by atoms with E-state index in [1.165, 1.54) is 19.1 Å². The van der Waals surface area contributed by atoms with E-state index in [2.05, 4.69) is 20.8 Å². The van der Waals surface area contributed by atoms with E-state index in [-0.39, 0.29) is 28.7 Å². The number of carbonyl (C=O) groups excluding carboxylic acids is 2. The summed E-state index contributed by atoms with van der Waals surface area (Å²) in [4.78, 5) is 23.0. The van der Waals surface area contributed by atoms with Gasteiger partial charge in [0.15, 0.2) is 0 Å². The van der Waals surface area contributed by atoms with Crippen molar-refractivity contribution < 1.29 is 18.4 Å². The fraction of sp³-hybridized carbons (Fsp3) is 0.111. The normalized spacial score (nSPS) is 10.4. The van der Waals surface area contributed by atoms with Gasteiger partial charge in [0.1, 0.15) is 5.82 Å². The van der Waals surface area contributed by atoms with Gasteiger partial charge in [-0.25, -0.2) is 4.39 Å². The molecule has 3 rings (SSSR count). The average molecular weight is 386 g/mol. The van der Waals surface area contributed by atoms with Crippen LogP contribution in [0.4, 0.5) is 15.8 Å². The number of nitrogens with zero attached hydrogens (tertiary/aromatic N) is 2. The third-order valence-electron chi connectivity index (χ3n) is 3.29. The summed E-state index contributed by atoms with van der Waals surface area (Å²) in [5.41, 5.74) is 1.71. The summed E-state index contributed by atoms with van der Waals surface area (Å²) in [6.07, 6.45) is 0. The van der Waals surface area contributed by atoms with Crippen molar-refractivity contribution in [3.05, 3.63) is 54.3 Å². The smallest absolute Gasteiger partial charge is 0.277 e. The monoisotopic (exact) mass is 386 g/mol. The molecule has 0 aliphatic carbocycles. The van der Waals surface area contributed by atoms with Gasteiger partial charge >= 0.3 is 0 Å². The van der Waals surface area contributed by atoms with E-state index in [1.807, 2.05) is 0 Å². The van der Waals surface area contributed by atoms with Gasteiger partial charge in [-0.2, -0.15) is 0 Å². The number of amides is 2. The topological polar surface area (TPSA) is 97.1 Å². The Morgan fingerprint density at radius 2 is 1.78 bits per heavy atom. The van der Waals surface area contributed by atoms with E-state index in [0.717, 1.165) is 11.8 Å². The summed E-state index contributed by atoms with van der Waals surface area (Å²) in [6, 6.07) is 12.6. The molecule has 0 radical (unpaired) electrons. The number of anilines is 2. The first-order valence-electron chi connectivity index (χ1n) is 7.89. The Morgan fingerprint density at radius 1 is 1.07 bits per heavy atom. The maximum absolute atomic E-state index is 13.2. The van der Waals surface area contributed by atoms with Gasteiger partial charge in [-0.15, -0.1) is 10.2 Å².